The molecule has 1 aliphatic rings. The lowest BCUT2D eigenvalue weighted by Gasteiger charge is -2.10. The molecule has 0 aliphatic heterocycles. The van der Waals surface area contributed by atoms with E-state index in [0.29, 0.717) is 11.5 Å². The molecule has 1 aromatic carbocycles. The van der Waals surface area contributed by atoms with Crippen LogP contribution in [0.1, 0.15) is 25.3 Å². The molecular weight excluding hydrogens is 309 g/mol. The van der Waals surface area contributed by atoms with Crippen molar-refractivity contribution in [2.45, 2.75) is 37.3 Å². The highest BCUT2D eigenvalue weighted by Gasteiger charge is 2.39. The molecular formula is C12H15Cl2NO3S. The monoisotopic (exact) mass is 323 g/mol. The van der Waals surface area contributed by atoms with Crippen molar-refractivity contribution < 1.29 is 13.5 Å². The van der Waals surface area contributed by atoms with Gasteiger partial charge in [-0.3, -0.25) is 0 Å². The topological polar surface area (TPSA) is 66.4 Å². The smallest absolute Gasteiger partial charge is 0.242 e. The van der Waals surface area contributed by atoms with Crippen LogP contribution >= 0.6 is 23.2 Å². The molecule has 1 fully saturated rings. The molecule has 0 aromatic heterocycles. The van der Waals surface area contributed by atoms with Crippen molar-refractivity contribution in [3.63, 3.8) is 0 Å². The van der Waals surface area contributed by atoms with Crippen molar-refractivity contribution in [2.75, 3.05) is 0 Å². The first-order valence-electron chi connectivity index (χ1n) is 6.00. The number of aliphatic hydroxyl groups excluding tert-OH is 1. The average Bonchev–Trinajstić information content (AvgIpc) is 3.06. The van der Waals surface area contributed by atoms with E-state index in [-0.39, 0.29) is 27.6 Å². The van der Waals surface area contributed by atoms with Crippen LogP contribution in [0.3, 0.4) is 0 Å². The van der Waals surface area contributed by atoms with Gasteiger partial charge in [0.2, 0.25) is 10.0 Å². The van der Waals surface area contributed by atoms with Crippen molar-refractivity contribution in [1.82, 2.24) is 4.72 Å². The van der Waals surface area contributed by atoms with Gasteiger partial charge in [-0.15, -0.1) is 0 Å². The zero-order chi connectivity index (χ0) is 14.2. The molecule has 19 heavy (non-hydrogen) atoms. The molecule has 106 valence electrons. The van der Waals surface area contributed by atoms with E-state index >= 15 is 0 Å². The number of sulfonamides is 1. The molecule has 0 amide bonds. The van der Waals surface area contributed by atoms with E-state index < -0.39 is 10.0 Å². The molecule has 0 spiro atoms. The highest BCUT2D eigenvalue weighted by molar-refractivity contribution is 7.89. The van der Waals surface area contributed by atoms with Crippen LogP contribution in [0.2, 0.25) is 10.0 Å². The van der Waals surface area contributed by atoms with E-state index in [1.54, 1.807) is 0 Å². The number of rotatable bonds is 5. The maximum absolute atomic E-state index is 12.2. The van der Waals surface area contributed by atoms with Crippen LogP contribution in [0, 0.1) is 5.92 Å². The second-order valence-corrected chi connectivity index (χ2v) is 7.16. The standard InChI is InChI=1S/C12H15Cl2NO3S/c1-2-7-3-11(7)15-19(17,18)12-4-8(6-16)9(13)5-10(12)14/h4-5,7,11,15-16H,2-3,6H2,1H3. The number of halogens is 2. The quantitative estimate of drug-likeness (QED) is 0.875. The first kappa shape index (κ1) is 15.1. The molecule has 1 aromatic rings. The molecule has 4 nitrogen and oxygen atoms in total. The van der Waals surface area contributed by atoms with Crippen molar-refractivity contribution >= 4 is 33.2 Å². The summed E-state index contributed by atoms with van der Waals surface area (Å²) < 4.78 is 27.1. The number of aliphatic hydroxyl groups is 1. The molecule has 0 heterocycles. The maximum Gasteiger partial charge on any atom is 0.242 e. The molecule has 0 bridgehead atoms. The van der Waals surface area contributed by atoms with Gasteiger partial charge in [-0.25, -0.2) is 13.1 Å². The van der Waals surface area contributed by atoms with E-state index in [0.717, 1.165) is 12.8 Å². The number of hydrogen-bond acceptors (Lipinski definition) is 3. The molecule has 0 radical (unpaired) electrons. The number of benzene rings is 1. The molecule has 2 atom stereocenters. The van der Waals surface area contributed by atoms with Gasteiger partial charge in [0.05, 0.1) is 11.6 Å². The van der Waals surface area contributed by atoms with Crippen molar-refractivity contribution in [3.05, 3.63) is 27.7 Å². The second kappa shape index (κ2) is 5.58. The van der Waals surface area contributed by atoms with Crippen LogP contribution in [0.5, 0.6) is 0 Å². The Morgan fingerprint density at radius 1 is 1.37 bits per heavy atom. The highest BCUT2D eigenvalue weighted by atomic mass is 35.5. The summed E-state index contributed by atoms with van der Waals surface area (Å²) >= 11 is 11.8. The zero-order valence-electron chi connectivity index (χ0n) is 10.4. The predicted octanol–water partition coefficient (Wildman–Crippen LogP) is 2.56. The molecule has 1 aliphatic carbocycles. The Morgan fingerprint density at radius 3 is 2.58 bits per heavy atom. The lowest BCUT2D eigenvalue weighted by molar-refractivity contribution is 0.281. The molecule has 7 heteroatoms. The lowest BCUT2D eigenvalue weighted by Crippen LogP contribution is -2.27. The predicted molar refractivity (Wildman–Crippen MR) is 74.9 cm³/mol. The normalized spacial score (nSPS) is 22.5. The Hall–Kier alpha value is -0.330. The molecule has 0 saturated heterocycles. The molecule has 1 saturated carbocycles. The largest absolute Gasteiger partial charge is 0.392 e. The fraction of sp³-hybridized carbons (Fsp3) is 0.500. The van der Waals surface area contributed by atoms with Crippen LogP contribution < -0.4 is 4.72 Å². The fourth-order valence-corrected chi connectivity index (χ4v) is 4.18. The molecule has 2 rings (SSSR count). The minimum atomic E-state index is -3.67. The summed E-state index contributed by atoms with van der Waals surface area (Å²) in [5.74, 6) is 0.401. The van der Waals surface area contributed by atoms with Crippen LogP contribution in [0.25, 0.3) is 0 Å². The SMILES string of the molecule is CCC1CC1NS(=O)(=O)c1cc(CO)c(Cl)cc1Cl. The summed E-state index contributed by atoms with van der Waals surface area (Å²) in [6, 6.07) is 2.64. The van der Waals surface area contributed by atoms with Gasteiger partial charge in [0.15, 0.2) is 0 Å². The van der Waals surface area contributed by atoms with Gasteiger partial charge in [0.25, 0.3) is 0 Å². The van der Waals surface area contributed by atoms with Gasteiger partial charge in [0, 0.05) is 11.1 Å². The van der Waals surface area contributed by atoms with E-state index in [1.165, 1.54) is 12.1 Å². The van der Waals surface area contributed by atoms with Gasteiger partial charge >= 0.3 is 0 Å². The first-order chi connectivity index (χ1) is 8.89. The summed E-state index contributed by atoms with van der Waals surface area (Å²) in [6.07, 6.45) is 1.80. The fourth-order valence-electron chi connectivity index (χ4n) is 2.00. The van der Waals surface area contributed by atoms with Crippen molar-refractivity contribution in [3.8, 4) is 0 Å². The Kier molecular flexibility index (Phi) is 4.42. The third kappa shape index (κ3) is 3.23. The number of nitrogens with one attached hydrogen (secondary N) is 1. The van der Waals surface area contributed by atoms with Crippen LogP contribution in [-0.2, 0) is 16.6 Å². The van der Waals surface area contributed by atoms with E-state index in [4.69, 9.17) is 28.3 Å². The van der Waals surface area contributed by atoms with E-state index in [1.807, 2.05) is 6.92 Å². The van der Waals surface area contributed by atoms with Crippen molar-refractivity contribution in [2.24, 2.45) is 5.92 Å². The second-order valence-electron chi connectivity index (χ2n) is 4.66. The van der Waals surface area contributed by atoms with Gasteiger partial charge in [0.1, 0.15) is 4.90 Å². The van der Waals surface area contributed by atoms with Gasteiger partial charge in [-0.05, 0) is 30.0 Å². The van der Waals surface area contributed by atoms with Gasteiger partial charge in [-0.1, -0.05) is 36.5 Å². The van der Waals surface area contributed by atoms with E-state index in [2.05, 4.69) is 4.72 Å². The Labute approximate surface area is 122 Å². The minimum Gasteiger partial charge on any atom is -0.392 e. The average molecular weight is 324 g/mol. The Morgan fingerprint density at radius 2 is 2.05 bits per heavy atom. The van der Waals surface area contributed by atoms with Crippen molar-refractivity contribution in [1.29, 1.82) is 0 Å². The zero-order valence-corrected chi connectivity index (χ0v) is 12.7. The summed E-state index contributed by atoms with van der Waals surface area (Å²) in [6.45, 7) is 1.69. The Bertz CT molecular complexity index is 589. The molecule has 2 N–H and O–H groups in total. The summed E-state index contributed by atoms with van der Waals surface area (Å²) in [7, 11) is -3.67. The molecule has 2 unspecified atom stereocenters. The first-order valence-corrected chi connectivity index (χ1v) is 8.24. The van der Waals surface area contributed by atoms with E-state index in [9.17, 15) is 8.42 Å². The highest BCUT2D eigenvalue weighted by Crippen LogP contribution is 2.36. The van der Waals surface area contributed by atoms with Crippen LogP contribution in [-0.4, -0.2) is 19.6 Å². The summed E-state index contributed by atoms with van der Waals surface area (Å²) in [5.41, 5.74) is 0.342. The summed E-state index contributed by atoms with van der Waals surface area (Å²) in [5, 5.41) is 9.44. The third-order valence-corrected chi connectivity index (χ3v) is 5.62. The van der Waals surface area contributed by atoms with Gasteiger partial charge < -0.3 is 5.11 Å². The summed E-state index contributed by atoms with van der Waals surface area (Å²) in [4.78, 5) is -0.0376. The van der Waals surface area contributed by atoms with Gasteiger partial charge in [-0.2, -0.15) is 0 Å². The minimum absolute atomic E-state index is 0.0145. The maximum atomic E-state index is 12.2. The van der Waals surface area contributed by atoms with Crippen LogP contribution in [0.4, 0.5) is 0 Å². The Balaban J connectivity index is 2.30. The third-order valence-electron chi connectivity index (χ3n) is 3.31. The number of hydrogen-bond donors (Lipinski definition) is 2. The lowest BCUT2D eigenvalue weighted by atomic mass is 10.2. The van der Waals surface area contributed by atoms with Crippen LogP contribution in [0.15, 0.2) is 17.0 Å².